The Hall–Kier alpha value is -4.15. The van der Waals surface area contributed by atoms with E-state index in [1.807, 2.05) is 11.9 Å². The average molecular weight is 451 g/mol. The number of nitrogen functional groups attached to an aromatic ring is 2. The Morgan fingerprint density at radius 2 is 1.76 bits per heavy atom. The first-order chi connectivity index (χ1) is 15.6. The predicted molar refractivity (Wildman–Crippen MR) is 124 cm³/mol. The number of benzene rings is 1. The van der Waals surface area contributed by atoms with Crippen molar-refractivity contribution in [1.82, 2.24) is 25.3 Å². The van der Waals surface area contributed by atoms with Crippen molar-refractivity contribution in [2.24, 2.45) is 0 Å². The first-order valence-electron chi connectivity index (χ1n) is 10.3. The molecule has 0 saturated heterocycles. The highest BCUT2D eigenvalue weighted by atomic mass is 16.2. The van der Waals surface area contributed by atoms with Crippen molar-refractivity contribution in [3.05, 3.63) is 41.7 Å². The fourth-order valence-electron chi connectivity index (χ4n) is 3.23. The standard InChI is InChI=1S/C22H26N8O3/c1-12(31)4-9-17(13(2)32)27-21(33)14-5-7-16(8-6-14)30(3)11-15-10-25-20-18(26-15)19(23)28-22(24)29-20/h5-8,10,17H,4,9,11H2,1-3H3,(H,27,33)(H4,23,24,25,28,29). The summed E-state index contributed by atoms with van der Waals surface area (Å²) in [7, 11) is 1.87. The maximum absolute atomic E-state index is 12.5. The highest BCUT2D eigenvalue weighted by Gasteiger charge is 2.19. The summed E-state index contributed by atoms with van der Waals surface area (Å²) in [6.45, 7) is 3.28. The second kappa shape index (κ2) is 9.98. The molecule has 2 aromatic heterocycles. The van der Waals surface area contributed by atoms with Gasteiger partial charge in [0.05, 0.1) is 24.5 Å². The third-order valence-electron chi connectivity index (χ3n) is 5.05. The molecule has 11 nitrogen and oxygen atoms in total. The smallest absolute Gasteiger partial charge is 0.251 e. The van der Waals surface area contributed by atoms with Gasteiger partial charge in [-0.2, -0.15) is 9.97 Å². The van der Waals surface area contributed by atoms with Crippen molar-refractivity contribution in [2.45, 2.75) is 39.3 Å². The van der Waals surface area contributed by atoms with Gasteiger partial charge in [0.2, 0.25) is 5.95 Å². The molecule has 3 aromatic rings. The number of nitrogens with zero attached hydrogens (tertiary/aromatic N) is 5. The van der Waals surface area contributed by atoms with Gasteiger partial charge in [0, 0.05) is 24.7 Å². The Morgan fingerprint density at radius 3 is 2.39 bits per heavy atom. The molecule has 0 bridgehead atoms. The summed E-state index contributed by atoms with van der Waals surface area (Å²) in [6.07, 6.45) is 2.11. The molecular formula is C22H26N8O3. The fourth-order valence-corrected chi connectivity index (χ4v) is 3.23. The van der Waals surface area contributed by atoms with Crippen molar-refractivity contribution in [2.75, 3.05) is 23.4 Å². The lowest BCUT2D eigenvalue weighted by Crippen LogP contribution is -2.40. The van der Waals surface area contributed by atoms with E-state index in [-0.39, 0.29) is 42.1 Å². The van der Waals surface area contributed by atoms with E-state index in [9.17, 15) is 14.4 Å². The Bertz CT molecular complexity index is 1200. The predicted octanol–water partition coefficient (Wildman–Crippen LogP) is 1.28. The summed E-state index contributed by atoms with van der Waals surface area (Å²) in [5.74, 6) is -0.388. The lowest BCUT2D eigenvalue weighted by atomic mass is 10.1. The van der Waals surface area contributed by atoms with Gasteiger partial charge in [-0.15, -0.1) is 0 Å². The number of Topliss-reactive ketones (excluding diaryl/α,β-unsaturated/α-hetero) is 2. The maximum atomic E-state index is 12.5. The average Bonchev–Trinajstić information content (AvgIpc) is 2.76. The molecule has 11 heteroatoms. The minimum atomic E-state index is -0.693. The summed E-state index contributed by atoms with van der Waals surface area (Å²) in [5.41, 5.74) is 14.1. The first-order valence-corrected chi connectivity index (χ1v) is 10.3. The van der Waals surface area contributed by atoms with Gasteiger partial charge in [0.25, 0.3) is 5.91 Å². The van der Waals surface area contributed by atoms with Crippen LogP contribution in [0.3, 0.4) is 0 Å². The van der Waals surface area contributed by atoms with Crippen LogP contribution >= 0.6 is 0 Å². The molecule has 0 radical (unpaired) electrons. The molecule has 1 aromatic carbocycles. The van der Waals surface area contributed by atoms with E-state index < -0.39 is 6.04 Å². The zero-order valence-electron chi connectivity index (χ0n) is 18.7. The monoisotopic (exact) mass is 450 g/mol. The highest BCUT2D eigenvalue weighted by Crippen LogP contribution is 2.19. The van der Waals surface area contributed by atoms with Crippen LogP contribution in [-0.4, -0.2) is 50.5 Å². The Labute approximate surface area is 190 Å². The lowest BCUT2D eigenvalue weighted by molar-refractivity contribution is -0.119. The first kappa shape index (κ1) is 23.5. The van der Waals surface area contributed by atoms with Gasteiger partial charge < -0.3 is 26.5 Å². The molecule has 0 fully saturated rings. The Morgan fingerprint density at radius 1 is 1.06 bits per heavy atom. The SMILES string of the molecule is CC(=O)CCC(NC(=O)c1ccc(N(C)Cc2cnc3nc(N)nc(N)c3n2)cc1)C(C)=O. The molecule has 33 heavy (non-hydrogen) atoms. The molecule has 2 heterocycles. The van der Waals surface area contributed by atoms with Crippen LogP contribution in [0.5, 0.6) is 0 Å². The quantitative estimate of drug-likeness (QED) is 0.431. The number of nitrogens with one attached hydrogen (secondary N) is 1. The molecule has 1 amide bonds. The number of rotatable bonds is 9. The van der Waals surface area contributed by atoms with Gasteiger partial charge in [0.1, 0.15) is 5.78 Å². The molecule has 1 unspecified atom stereocenters. The van der Waals surface area contributed by atoms with E-state index in [0.29, 0.717) is 29.0 Å². The molecular weight excluding hydrogens is 424 g/mol. The van der Waals surface area contributed by atoms with Crippen molar-refractivity contribution in [3.8, 4) is 0 Å². The minimum Gasteiger partial charge on any atom is -0.382 e. The number of carbonyl (C=O) groups excluding carboxylic acids is 3. The van der Waals surface area contributed by atoms with Crippen LogP contribution in [0.15, 0.2) is 30.5 Å². The van der Waals surface area contributed by atoms with Crippen molar-refractivity contribution >= 4 is 46.1 Å². The second-order valence-electron chi connectivity index (χ2n) is 7.78. The molecule has 0 saturated carbocycles. The number of fused-ring (bicyclic) bond motifs is 1. The molecule has 1 atom stereocenters. The van der Waals surface area contributed by atoms with Crippen LogP contribution < -0.4 is 21.7 Å². The van der Waals surface area contributed by atoms with Crippen molar-refractivity contribution < 1.29 is 14.4 Å². The van der Waals surface area contributed by atoms with Crippen LogP contribution in [0.4, 0.5) is 17.5 Å². The van der Waals surface area contributed by atoms with Gasteiger partial charge in [0.15, 0.2) is 22.8 Å². The van der Waals surface area contributed by atoms with E-state index in [2.05, 4.69) is 25.3 Å². The lowest BCUT2D eigenvalue weighted by Gasteiger charge is -2.20. The molecule has 0 spiro atoms. The van der Waals surface area contributed by atoms with Gasteiger partial charge in [-0.1, -0.05) is 0 Å². The highest BCUT2D eigenvalue weighted by molar-refractivity contribution is 5.98. The van der Waals surface area contributed by atoms with E-state index in [1.165, 1.54) is 13.8 Å². The minimum absolute atomic E-state index is 0.0293. The maximum Gasteiger partial charge on any atom is 0.251 e. The van der Waals surface area contributed by atoms with Gasteiger partial charge >= 0.3 is 0 Å². The number of carbonyl (C=O) groups is 3. The molecule has 172 valence electrons. The van der Waals surface area contributed by atoms with Gasteiger partial charge in [-0.05, 0) is 44.5 Å². The summed E-state index contributed by atoms with van der Waals surface area (Å²) >= 11 is 0. The molecule has 0 aliphatic heterocycles. The number of anilines is 3. The van der Waals surface area contributed by atoms with Gasteiger partial charge in [-0.3, -0.25) is 9.59 Å². The van der Waals surface area contributed by atoms with Crippen molar-refractivity contribution in [3.63, 3.8) is 0 Å². The summed E-state index contributed by atoms with van der Waals surface area (Å²) in [5, 5.41) is 2.70. The van der Waals surface area contributed by atoms with E-state index >= 15 is 0 Å². The summed E-state index contributed by atoms with van der Waals surface area (Å²) in [6, 6.07) is 6.23. The van der Waals surface area contributed by atoms with Gasteiger partial charge in [-0.25, -0.2) is 9.97 Å². The van der Waals surface area contributed by atoms with Crippen LogP contribution in [0.1, 0.15) is 42.7 Å². The van der Waals surface area contributed by atoms with Crippen molar-refractivity contribution in [1.29, 1.82) is 0 Å². The molecule has 3 rings (SSSR count). The van der Waals surface area contributed by atoms with E-state index in [4.69, 9.17) is 11.5 Å². The van der Waals surface area contributed by atoms with Crippen LogP contribution in [-0.2, 0) is 16.1 Å². The largest absolute Gasteiger partial charge is 0.382 e. The molecule has 0 aliphatic carbocycles. The van der Waals surface area contributed by atoms with E-state index in [1.54, 1.807) is 30.5 Å². The third kappa shape index (κ3) is 5.97. The third-order valence-corrected chi connectivity index (χ3v) is 5.05. The normalized spacial score (nSPS) is 11.7. The number of hydrogen-bond acceptors (Lipinski definition) is 10. The summed E-state index contributed by atoms with van der Waals surface area (Å²) < 4.78 is 0. The second-order valence-corrected chi connectivity index (χ2v) is 7.78. The zero-order chi connectivity index (χ0) is 24.1. The Kier molecular flexibility index (Phi) is 7.11. The van der Waals surface area contributed by atoms with Crippen LogP contribution in [0.2, 0.25) is 0 Å². The fraction of sp³-hybridized carbons (Fsp3) is 0.318. The Balaban J connectivity index is 1.67. The van der Waals surface area contributed by atoms with E-state index in [0.717, 1.165) is 5.69 Å². The topological polar surface area (TPSA) is 170 Å². The zero-order valence-corrected chi connectivity index (χ0v) is 18.7. The summed E-state index contributed by atoms with van der Waals surface area (Å²) in [4.78, 5) is 54.1. The number of amides is 1. The molecule has 0 aliphatic rings. The number of ketones is 2. The molecule has 5 N–H and O–H groups in total. The number of hydrogen-bond donors (Lipinski definition) is 3. The number of aromatic nitrogens is 4. The number of nitrogens with two attached hydrogens (primary N) is 2. The van der Waals surface area contributed by atoms with Crippen LogP contribution in [0, 0.1) is 0 Å². The van der Waals surface area contributed by atoms with Crippen LogP contribution in [0.25, 0.3) is 11.2 Å².